The molecule has 2 N–H and O–H groups in total. The molecule has 0 aliphatic rings. The van der Waals surface area contributed by atoms with Gasteiger partial charge in [-0.1, -0.05) is 0 Å². The van der Waals surface area contributed by atoms with E-state index in [1.54, 1.807) is 12.1 Å². The Morgan fingerprint density at radius 3 is 2.24 bits per heavy atom. The van der Waals surface area contributed by atoms with E-state index >= 15 is 0 Å². The topological polar surface area (TPSA) is 172 Å². The van der Waals surface area contributed by atoms with Gasteiger partial charge in [0, 0.05) is 24.4 Å². The molecule has 0 aromatic heterocycles. The van der Waals surface area contributed by atoms with Crippen molar-refractivity contribution < 1.29 is 41.9 Å². The zero-order chi connectivity index (χ0) is 25.3. The van der Waals surface area contributed by atoms with Crippen molar-refractivity contribution in [2.45, 2.75) is 11.3 Å². The molecule has 0 bridgehead atoms. The Hall–Kier alpha value is -3.91. The minimum absolute atomic E-state index is 0.0983. The molecule has 0 radical (unpaired) electrons. The van der Waals surface area contributed by atoms with Crippen LogP contribution in [-0.2, 0) is 24.3 Å². The first-order valence-electron chi connectivity index (χ1n) is 9.61. The number of amides is 1. The first-order chi connectivity index (χ1) is 16.1. The summed E-state index contributed by atoms with van der Waals surface area (Å²) < 4.78 is 46.7. The van der Waals surface area contributed by atoms with Crippen molar-refractivity contribution >= 4 is 33.3 Å². The lowest BCUT2D eigenvalue weighted by molar-refractivity contribution is -0.386. The summed E-state index contributed by atoms with van der Waals surface area (Å²) in [6.07, 6.45) is -0.374. The first kappa shape index (κ1) is 26.3. The predicted octanol–water partition coefficient (Wildman–Crippen LogP) is 1.47. The maximum Gasteiger partial charge on any atom is 0.312 e. The van der Waals surface area contributed by atoms with Crippen LogP contribution in [0.2, 0.25) is 0 Å². The minimum atomic E-state index is -4.14. The average molecular weight is 497 g/mol. The summed E-state index contributed by atoms with van der Waals surface area (Å²) in [5.41, 5.74) is -0.134. The summed E-state index contributed by atoms with van der Waals surface area (Å²) in [7, 11) is -0.0152. The van der Waals surface area contributed by atoms with Crippen molar-refractivity contribution in [3.8, 4) is 17.2 Å². The molecule has 0 heterocycles. The van der Waals surface area contributed by atoms with Gasteiger partial charge < -0.3 is 24.3 Å². The molecule has 13 nitrogen and oxygen atoms in total. The first-order valence-corrected chi connectivity index (χ1v) is 11.1. The number of ether oxygens (including phenoxy) is 4. The van der Waals surface area contributed by atoms with E-state index in [2.05, 4.69) is 10.0 Å². The fraction of sp³-hybridized carbons (Fsp3) is 0.300. The van der Waals surface area contributed by atoms with Crippen molar-refractivity contribution in [2.24, 2.45) is 0 Å². The Bertz CT molecular complexity index is 1170. The van der Waals surface area contributed by atoms with Gasteiger partial charge in [0.2, 0.25) is 10.0 Å². The fourth-order valence-corrected chi connectivity index (χ4v) is 3.73. The molecule has 0 aliphatic carbocycles. The Kier molecular flexibility index (Phi) is 9.15. The van der Waals surface area contributed by atoms with Gasteiger partial charge in [-0.3, -0.25) is 19.7 Å². The van der Waals surface area contributed by atoms with Crippen LogP contribution in [0.15, 0.2) is 41.3 Å². The molecule has 1 amide bonds. The summed E-state index contributed by atoms with van der Waals surface area (Å²) >= 11 is 0. The third-order valence-electron chi connectivity index (χ3n) is 4.31. The van der Waals surface area contributed by atoms with Crippen molar-refractivity contribution in [3.05, 3.63) is 46.5 Å². The Labute approximate surface area is 195 Å². The molecule has 34 heavy (non-hydrogen) atoms. The Balaban J connectivity index is 1.84. The molecule has 0 unspecified atom stereocenters. The fourth-order valence-electron chi connectivity index (χ4n) is 2.68. The van der Waals surface area contributed by atoms with E-state index in [-0.39, 0.29) is 23.6 Å². The van der Waals surface area contributed by atoms with E-state index in [0.29, 0.717) is 17.2 Å². The molecule has 2 aromatic rings. The molecule has 184 valence electrons. The van der Waals surface area contributed by atoms with Crippen molar-refractivity contribution in [2.75, 3.05) is 39.8 Å². The summed E-state index contributed by atoms with van der Waals surface area (Å²) in [5.74, 6) is -0.679. The molecule has 2 aromatic carbocycles. The van der Waals surface area contributed by atoms with Crippen LogP contribution in [-0.4, -0.2) is 59.7 Å². The number of nitro groups is 1. The number of esters is 1. The summed E-state index contributed by atoms with van der Waals surface area (Å²) in [4.78, 5) is 33.8. The maximum absolute atomic E-state index is 12.3. The second-order valence-corrected chi connectivity index (χ2v) is 8.28. The minimum Gasteiger partial charge on any atom is -0.493 e. The molecular formula is C20H23N3O10S. The number of nitrogens with one attached hydrogen (secondary N) is 2. The van der Waals surface area contributed by atoms with Gasteiger partial charge in [-0.15, -0.1) is 0 Å². The second kappa shape index (κ2) is 11.8. The Morgan fingerprint density at radius 2 is 1.62 bits per heavy atom. The SMILES string of the molecule is COc1ccc(NC(=O)COC(=O)CCNS(=O)(=O)c2ccc(OC)c([N+](=O)[O-])c2)cc1OC. The highest BCUT2D eigenvalue weighted by Gasteiger charge is 2.22. The Morgan fingerprint density at radius 1 is 0.971 bits per heavy atom. The van der Waals surface area contributed by atoms with Crippen molar-refractivity contribution in [1.82, 2.24) is 4.72 Å². The second-order valence-electron chi connectivity index (χ2n) is 6.52. The number of benzene rings is 2. The van der Waals surface area contributed by atoms with Gasteiger partial charge in [0.15, 0.2) is 23.9 Å². The summed E-state index contributed by atoms with van der Waals surface area (Å²) in [6, 6.07) is 7.81. The third kappa shape index (κ3) is 7.05. The van der Waals surface area contributed by atoms with Crippen LogP contribution in [0.1, 0.15) is 6.42 Å². The standard InChI is InChI=1S/C20H23N3O10S/c1-30-16-7-5-14(11-15(16)23(26)27)34(28,29)21-9-8-20(25)33-12-19(24)22-13-4-6-17(31-2)18(10-13)32-3/h4-7,10-11,21H,8-9,12H2,1-3H3,(H,22,24). The quantitative estimate of drug-likeness (QED) is 0.248. The van der Waals surface area contributed by atoms with Gasteiger partial charge in [-0.25, -0.2) is 13.1 Å². The number of hydrogen-bond donors (Lipinski definition) is 2. The highest BCUT2D eigenvalue weighted by atomic mass is 32.2. The average Bonchev–Trinajstić information content (AvgIpc) is 2.81. The normalized spacial score (nSPS) is 10.8. The highest BCUT2D eigenvalue weighted by molar-refractivity contribution is 7.89. The molecule has 0 spiro atoms. The van der Waals surface area contributed by atoms with E-state index in [1.807, 2.05) is 0 Å². The van der Waals surface area contributed by atoms with Crippen molar-refractivity contribution in [1.29, 1.82) is 0 Å². The largest absolute Gasteiger partial charge is 0.493 e. The van der Waals surface area contributed by atoms with Gasteiger partial charge >= 0.3 is 11.7 Å². The molecule has 14 heteroatoms. The third-order valence-corrected chi connectivity index (χ3v) is 5.77. The zero-order valence-electron chi connectivity index (χ0n) is 18.5. The van der Waals surface area contributed by atoms with Crippen LogP contribution < -0.4 is 24.2 Å². The molecule has 0 atom stereocenters. The molecule has 0 saturated heterocycles. The van der Waals surface area contributed by atoms with E-state index in [4.69, 9.17) is 18.9 Å². The number of carbonyl (C=O) groups is 2. The monoisotopic (exact) mass is 497 g/mol. The van der Waals surface area contributed by atoms with Gasteiger partial charge in [0.1, 0.15) is 0 Å². The smallest absolute Gasteiger partial charge is 0.312 e. The van der Waals surface area contributed by atoms with Gasteiger partial charge in [0.05, 0.1) is 37.6 Å². The van der Waals surface area contributed by atoms with Gasteiger partial charge in [-0.05, 0) is 24.3 Å². The molecular weight excluding hydrogens is 474 g/mol. The number of rotatable bonds is 12. The number of sulfonamides is 1. The molecule has 0 aliphatic heterocycles. The number of hydrogen-bond acceptors (Lipinski definition) is 10. The lowest BCUT2D eigenvalue weighted by atomic mass is 10.2. The lowest BCUT2D eigenvalue weighted by Gasteiger charge is -2.11. The van der Waals surface area contributed by atoms with E-state index in [1.165, 1.54) is 27.4 Å². The maximum atomic E-state index is 12.3. The van der Waals surface area contributed by atoms with E-state index in [9.17, 15) is 28.1 Å². The highest BCUT2D eigenvalue weighted by Crippen LogP contribution is 2.30. The molecule has 0 fully saturated rings. The predicted molar refractivity (Wildman–Crippen MR) is 119 cm³/mol. The van der Waals surface area contributed by atoms with Crippen LogP contribution in [0.5, 0.6) is 17.2 Å². The van der Waals surface area contributed by atoms with Crippen LogP contribution in [0.3, 0.4) is 0 Å². The van der Waals surface area contributed by atoms with Crippen LogP contribution in [0.25, 0.3) is 0 Å². The lowest BCUT2D eigenvalue weighted by Crippen LogP contribution is -2.28. The van der Waals surface area contributed by atoms with E-state index in [0.717, 1.165) is 18.2 Å². The van der Waals surface area contributed by atoms with Gasteiger partial charge in [-0.2, -0.15) is 0 Å². The van der Waals surface area contributed by atoms with Crippen molar-refractivity contribution in [3.63, 3.8) is 0 Å². The number of carbonyl (C=O) groups excluding carboxylic acids is 2. The number of nitrogens with zero attached hydrogens (tertiary/aromatic N) is 1. The zero-order valence-corrected chi connectivity index (χ0v) is 19.3. The van der Waals surface area contributed by atoms with Crippen LogP contribution in [0, 0.1) is 10.1 Å². The number of nitro benzene ring substituents is 1. The van der Waals surface area contributed by atoms with Gasteiger partial charge in [0.25, 0.3) is 5.91 Å². The van der Waals surface area contributed by atoms with Crippen LogP contribution in [0.4, 0.5) is 11.4 Å². The summed E-state index contributed by atoms with van der Waals surface area (Å²) in [5, 5.41) is 13.6. The summed E-state index contributed by atoms with van der Waals surface area (Å²) in [6.45, 7) is -0.942. The number of methoxy groups -OCH3 is 3. The van der Waals surface area contributed by atoms with Crippen LogP contribution >= 0.6 is 0 Å². The number of anilines is 1. The van der Waals surface area contributed by atoms with E-state index < -0.39 is 39.1 Å². The molecule has 0 saturated carbocycles. The molecule has 2 rings (SSSR count).